The van der Waals surface area contributed by atoms with Crippen LogP contribution >= 0.6 is 7.82 Å². The lowest BCUT2D eigenvalue weighted by Crippen LogP contribution is -2.41. The first-order chi connectivity index (χ1) is 20.9. The van der Waals surface area contributed by atoms with Crippen LogP contribution in [-0.2, 0) is 39.4 Å². The second-order valence-electron chi connectivity index (χ2n) is 12.0. The van der Waals surface area contributed by atoms with Crippen molar-refractivity contribution in [2.75, 3.05) is 0 Å². The molecule has 246 valence electrons. The quantitative estimate of drug-likeness (QED) is 0.200. The van der Waals surface area contributed by atoms with Crippen LogP contribution < -0.4 is 11.2 Å². The number of aryl methyl sites for hydroxylation is 1. The average Bonchev–Trinajstić information content (AvgIpc) is 3.53. The molecular weight excluding hydrogens is 616 g/mol. The molecule has 0 saturated heterocycles. The highest BCUT2D eigenvalue weighted by molar-refractivity contribution is 7.47. The second-order valence-corrected chi connectivity index (χ2v) is 13.4. The molecule has 0 aliphatic carbocycles. The van der Waals surface area contributed by atoms with E-state index >= 15 is 0 Å². The summed E-state index contributed by atoms with van der Waals surface area (Å²) in [6.07, 6.45) is -3.07. The van der Waals surface area contributed by atoms with Crippen LogP contribution in [0.25, 0.3) is 22.6 Å². The number of benzene rings is 1. The van der Waals surface area contributed by atoms with Crippen LogP contribution in [0.3, 0.4) is 0 Å². The lowest BCUT2D eigenvalue weighted by Gasteiger charge is -2.34. The van der Waals surface area contributed by atoms with Crippen molar-refractivity contribution in [3.8, 4) is 11.4 Å². The number of nitrogens with zero attached hydrogens (tertiary/aromatic N) is 6. The second kappa shape index (κ2) is 12.7. The average molecular weight is 655 g/mol. The number of hydrogen-bond donors (Lipinski definition) is 1. The Kier molecular flexibility index (Phi) is 9.70. The Balaban J connectivity index is 1.98. The predicted octanol–water partition coefficient (Wildman–Crippen LogP) is 5.81. The van der Waals surface area contributed by atoms with E-state index in [0.29, 0.717) is 17.5 Å². The van der Waals surface area contributed by atoms with Crippen molar-refractivity contribution in [2.24, 2.45) is 5.41 Å². The van der Waals surface area contributed by atoms with Gasteiger partial charge in [-0.15, -0.1) is 0 Å². The minimum Gasteiger partial charge on any atom is -0.302 e. The molecule has 0 fully saturated rings. The van der Waals surface area contributed by atoms with Gasteiger partial charge in [0.05, 0.1) is 30.0 Å². The van der Waals surface area contributed by atoms with Crippen LogP contribution in [0.15, 0.2) is 46.2 Å². The van der Waals surface area contributed by atoms with E-state index in [9.17, 15) is 32.2 Å². The molecule has 3 heterocycles. The van der Waals surface area contributed by atoms with Crippen LogP contribution in [0.4, 0.5) is 13.2 Å². The fourth-order valence-electron chi connectivity index (χ4n) is 5.00. The summed E-state index contributed by atoms with van der Waals surface area (Å²) in [6, 6.07) is 4.86. The summed E-state index contributed by atoms with van der Waals surface area (Å²) < 4.78 is 69.2. The van der Waals surface area contributed by atoms with Crippen molar-refractivity contribution in [2.45, 2.75) is 93.0 Å². The number of phosphoric acid groups is 1. The molecule has 0 bridgehead atoms. The van der Waals surface area contributed by atoms with Gasteiger partial charge in [-0.05, 0) is 44.9 Å². The van der Waals surface area contributed by atoms with Gasteiger partial charge in [-0.1, -0.05) is 39.8 Å². The number of rotatable bonds is 11. The van der Waals surface area contributed by atoms with Gasteiger partial charge >= 0.3 is 19.7 Å². The number of phosphoric ester groups is 1. The first-order valence-corrected chi connectivity index (χ1v) is 16.0. The van der Waals surface area contributed by atoms with Crippen LogP contribution in [0.2, 0.25) is 0 Å². The third-order valence-corrected chi connectivity index (χ3v) is 8.02. The molecule has 2 unspecified atom stereocenters. The Morgan fingerprint density at radius 1 is 1.07 bits per heavy atom. The van der Waals surface area contributed by atoms with Crippen molar-refractivity contribution < 1.29 is 31.7 Å². The van der Waals surface area contributed by atoms with E-state index in [1.807, 2.05) is 6.92 Å². The van der Waals surface area contributed by atoms with E-state index in [4.69, 9.17) is 9.05 Å². The molecule has 2 atom stereocenters. The molecule has 16 heteroatoms. The van der Waals surface area contributed by atoms with Crippen molar-refractivity contribution in [1.29, 1.82) is 0 Å². The number of halogens is 3. The van der Waals surface area contributed by atoms with Crippen LogP contribution in [0, 0.1) is 5.41 Å². The summed E-state index contributed by atoms with van der Waals surface area (Å²) in [4.78, 5) is 42.7. The smallest absolute Gasteiger partial charge is 0.302 e. The van der Waals surface area contributed by atoms with E-state index < -0.39 is 48.6 Å². The molecule has 1 N–H and O–H groups in total. The fourth-order valence-corrected chi connectivity index (χ4v) is 6.25. The summed E-state index contributed by atoms with van der Waals surface area (Å²) in [7, 11) is -4.70. The van der Waals surface area contributed by atoms with Gasteiger partial charge in [-0.2, -0.15) is 18.3 Å². The summed E-state index contributed by atoms with van der Waals surface area (Å²) in [5.41, 5.74) is -2.28. The maximum absolute atomic E-state index is 14.0. The zero-order valence-corrected chi connectivity index (χ0v) is 27.1. The SMILES string of the molecule is CCCn1c(=O)c2c(nc(-c3cnn(Cc4cccc(C(F)(F)F)c4)c3)n2C(OP(=O)(O)OC(C)C)C(C)(C)C)n(CC)c1=O. The molecule has 0 spiro atoms. The van der Waals surface area contributed by atoms with Gasteiger partial charge in [0.2, 0.25) is 0 Å². The van der Waals surface area contributed by atoms with E-state index in [1.54, 1.807) is 47.6 Å². The van der Waals surface area contributed by atoms with Crippen LogP contribution in [-0.4, -0.2) is 39.5 Å². The highest BCUT2D eigenvalue weighted by Gasteiger charge is 2.40. The minimum absolute atomic E-state index is 0.0135. The topological polar surface area (TPSA) is 135 Å². The molecule has 0 saturated carbocycles. The van der Waals surface area contributed by atoms with Gasteiger partial charge in [0.15, 0.2) is 17.4 Å². The normalized spacial score (nSPS) is 14.8. The molecule has 0 aliphatic rings. The third-order valence-electron chi connectivity index (χ3n) is 6.86. The first kappa shape index (κ1) is 34.4. The molecular formula is C29H38F3N6O6P. The lowest BCUT2D eigenvalue weighted by atomic mass is 9.94. The standard InChI is InChI=1S/C29H38F3N6O6P/c1-8-13-37-25(39)22-24(36(9-2)27(37)40)34-23(38(22)26(28(5,6)7)44-45(41,42)43-18(3)4)20-15-33-35(17-20)16-19-11-10-12-21(14-19)29(30,31)32/h10-12,14-15,17-18,26H,8-9,13,16H2,1-7H3,(H,41,42). The molecule has 0 radical (unpaired) electrons. The van der Waals surface area contributed by atoms with E-state index in [2.05, 4.69) is 10.1 Å². The van der Waals surface area contributed by atoms with Crippen LogP contribution in [0.1, 0.15) is 72.2 Å². The number of fused-ring (bicyclic) bond motifs is 1. The number of hydrogen-bond acceptors (Lipinski definition) is 7. The molecule has 12 nitrogen and oxygen atoms in total. The number of alkyl halides is 3. The number of aromatic nitrogens is 6. The highest BCUT2D eigenvalue weighted by Crippen LogP contribution is 2.52. The Labute approximate surface area is 257 Å². The Hall–Kier alpha value is -3.52. The van der Waals surface area contributed by atoms with Gasteiger partial charge in [0.1, 0.15) is 5.82 Å². The maximum Gasteiger partial charge on any atom is 0.474 e. The summed E-state index contributed by atoms with van der Waals surface area (Å²) >= 11 is 0. The number of imidazole rings is 1. The maximum atomic E-state index is 14.0. The highest BCUT2D eigenvalue weighted by atomic mass is 31.2. The monoisotopic (exact) mass is 654 g/mol. The van der Waals surface area contributed by atoms with Gasteiger partial charge in [0.25, 0.3) is 5.56 Å². The van der Waals surface area contributed by atoms with E-state index in [-0.39, 0.29) is 36.6 Å². The van der Waals surface area contributed by atoms with Crippen molar-refractivity contribution in [1.82, 2.24) is 28.5 Å². The van der Waals surface area contributed by atoms with Gasteiger partial charge < -0.3 is 4.89 Å². The minimum atomic E-state index is -4.70. The molecule has 0 amide bonds. The molecule has 0 aliphatic heterocycles. The first-order valence-electron chi connectivity index (χ1n) is 14.5. The molecule has 1 aromatic carbocycles. The summed E-state index contributed by atoms with van der Waals surface area (Å²) in [5, 5.41) is 4.32. The Morgan fingerprint density at radius 2 is 1.76 bits per heavy atom. The Bertz CT molecular complexity index is 1850. The lowest BCUT2D eigenvalue weighted by molar-refractivity contribution is -0.137. The Morgan fingerprint density at radius 3 is 2.33 bits per heavy atom. The fraction of sp³-hybridized carbons (Fsp3) is 0.517. The molecule has 4 rings (SSSR count). The van der Waals surface area contributed by atoms with Crippen molar-refractivity contribution in [3.05, 3.63) is 68.6 Å². The van der Waals surface area contributed by atoms with Crippen molar-refractivity contribution in [3.63, 3.8) is 0 Å². The van der Waals surface area contributed by atoms with E-state index in [0.717, 1.165) is 16.7 Å². The molecule has 3 aromatic heterocycles. The molecule has 45 heavy (non-hydrogen) atoms. The zero-order valence-electron chi connectivity index (χ0n) is 26.2. The summed E-state index contributed by atoms with van der Waals surface area (Å²) in [6.45, 7) is 12.2. The third kappa shape index (κ3) is 7.32. The largest absolute Gasteiger partial charge is 0.474 e. The van der Waals surface area contributed by atoms with Crippen molar-refractivity contribution >= 4 is 19.0 Å². The van der Waals surface area contributed by atoms with E-state index in [1.165, 1.54) is 32.3 Å². The summed E-state index contributed by atoms with van der Waals surface area (Å²) in [5.74, 6) is 0.0951. The van der Waals surface area contributed by atoms with Gasteiger partial charge in [0, 0.05) is 24.7 Å². The predicted molar refractivity (Wildman–Crippen MR) is 162 cm³/mol. The molecule has 4 aromatic rings. The zero-order chi connectivity index (χ0) is 33.5. The van der Waals surface area contributed by atoms with Gasteiger partial charge in [-0.25, -0.2) is 14.3 Å². The van der Waals surface area contributed by atoms with Gasteiger partial charge in [-0.3, -0.25) is 32.2 Å². The van der Waals surface area contributed by atoms with Crippen LogP contribution in [0.5, 0.6) is 0 Å².